The fourth-order valence-electron chi connectivity index (χ4n) is 3.71. The van der Waals surface area contributed by atoms with E-state index in [1.807, 2.05) is 31.7 Å². The van der Waals surface area contributed by atoms with E-state index in [1.165, 1.54) is 38.0 Å². The van der Waals surface area contributed by atoms with Crippen LogP contribution in [0, 0.1) is 5.41 Å². The van der Waals surface area contributed by atoms with Crippen LogP contribution in [0.25, 0.3) is 0 Å². The number of piperidine rings is 1. The predicted molar refractivity (Wildman–Crippen MR) is 101 cm³/mol. The van der Waals surface area contributed by atoms with E-state index >= 15 is 0 Å². The third-order valence-corrected chi connectivity index (χ3v) is 5.13. The van der Waals surface area contributed by atoms with Crippen molar-refractivity contribution in [2.24, 2.45) is 5.41 Å². The monoisotopic (exact) mass is 329 g/mol. The molecule has 3 rings (SSSR count). The third-order valence-electron chi connectivity index (χ3n) is 5.13. The minimum atomic E-state index is -0.344. The number of fused-ring (bicyclic) bond motifs is 1. The number of hydrogen-bond acceptors (Lipinski definition) is 3. The molecule has 1 fully saturated rings. The summed E-state index contributed by atoms with van der Waals surface area (Å²) in [6, 6.07) is 8.37. The average Bonchev–Trinajstić information content (AvgIpc) is 2.59. The smallest absolute Gasteiger partial charge is 0.232 e. The van der Waals surface area contributed by atoms with Crippen molar-refractivity contribution >= 4 is 17.3 Å². The maximum atomic E-state index is 12.8. The van der Waals surface area contributed by atoms with Crippen molar-refractivity contribution < 1.29 is 4.79 Å². The van der Waals surface area contributed by atoms with E-state index in [9.17, 15) is 4.79 Å². The van der Waals surface area contributed by atoms with Crippen molar-refractivity contribution in [3.8, 4) is 0 Å². The van der Waals surface area contributed by atoms with Gasteiger partial charge >= 0.3 is 0 Å². The van der Waals surface area contributed by atoms with Crippen LogP contribution in [0.2, 0.25) is 0 Å². The molecule has 4 nitrogen and oxygen atoms in total. The van der Waals surface area contributed by atoms with Crippen LogP contribution < -0.4 is 9.80 Å². The lowest BCUT2D eigenvalue weighted by molar-refractivity contribution is -0.125. The van der Waals surface area contributed by atoms with Gasteiger partial charge < -0.3 is 14.7 Å². The Morgan fingerprint density at radius 1 is 0.917 bits per heavy atom. The second-order valence-electron chi connectivity index (χ2n) is 8.08. The zero-order valence-electron chi connectivity index (χ0n) is 15.4. The molecule has 0 saturated carbocycles. The lowest BCUT2D eigenvalue weighted by Gasteiger charge is -2.41. The van der Waals surface area contributed by atoms with Crippen LogP contribution in [0.5, 0.6) is 0 Å². The summed E-state index contributed by atoms with van der Waals surface area (Å²) in [5.74, 6) is 0.214. The zero-order valence-corrected chi connectivity index (χ0v) is 15.4. The third kappa shape index (κ3) is 3.75. The number of hydrogen-bond donors (Lipinski definition) is 0. The summed E-state index contributed by atoms with van der Waals surface area (Å²) >= 11 is 0. The van der Waals surface area contributed by atoms with E-state index in [0.717, 1.165) is 31.9 Å². The van der Waals surface area contributed by atoms with Crippen molar-refractivity contribution in [3.63, 3.8) is 0 Å². The Morgan fingerprint density at radius 2 is 1.58 bits per heavy atom. The number of carbonyl (C=O) groups is 1. The van der Waals surface area contributed by atoms with E-state index < -0.39 is 0 Å². The summed E-state index contributed by atoms with van der Waals surface area (Å²) in [5.41, 5.74) is 1.93. The molecule has 0 spiro atoms. The van der Waals surface area contributed by atoms with Gasteiger partial charge in [-0.3, -0.25) is 4.79 Å². The lowest BCUT2D eigenvalue weighted by Crippen LogP contribution is -2.49. The van der Waals surface area contributed by atoms with Gasteiger partial charge in [0.05, 0.1) is 11.4 Å². The molecule has 0 radical (unpaired) electrons. The van der Waals surface area contributed by atoms with Gasteiger partial charge in [-0.2, -0.15) is 0 Å². The maximum absolute atomic E-state index is 12.8. The molecule has 0 unspecified atom stereocenters. The number of amides is 1. The van der Waals surface area contributed by atoms with E-state index in [2.05, 4.69) is 28.0 Å². The largest absolute Gasteiger partial charge is 0.367 e. The fourth-order valence-corrected chi connectivity index (χ4v) is 3.71. The molecule has 0 aromatic heterocycles. The molecule has 0 N–H and O–H groups in total. The minimum Gasteiger partial charge on any atom is -0.367 e. The van der Waals surface area contributed by atoms with Crippen LogP contribution in [0.3, 0.4) is 0 Å². The van der Waals surface area contributed by atoms with Gasteiger partial charge in [0.2, 0.25) is 5.91 Å². The molecule has 1 aromatic carbocycles. The van der Waals surface area contributed by atoms with Crippen molar-refractivity contribution in [2.75, 3.05) is 49.1 Å². The van der Waals surface area contributed by atoms with Gasteiger partial charge in [0.25, 0.3) is 0 Å². The number of para-hydroxylation sites is 2. The SMILES string of the molecule is CC(C)(C)C(=O)N1CCN(CCN2CCCCC2)c2ccccc21. The highest BCUT2D eigenvalue weighted by molar-refractivity contribution is 6.00. The first kappa shape index (κ1) is 17.3. The molecule has 0 atom stereocenters. The quantitative estimate of drug-likeness (QED) is 0.851. The molecular formula is C20H31N3O. The normalized spacial score (nSPS) is 19.3. The Hall–Kier alpha value is -1.55. The number of benzene rings is 1. The van der Waals surface area contributed by atoms with Crippen LogP contribution in [-0.2, 0) is 4.79 Å². The summed E-state index contributed by atoms with van der Waals surface area (Å²) in [5, 5.41) is 0. The van der Waals surface area contributed by atoms with Crippen molar-refractivity contribution in [3.05, 3.63) is 24.3 Å². The summed E-state index contributed by atoms with van der Waals surface area (Å²) in [7, 11) is 0. The highest BCUT2D eigenvalue weighted by Gasteiger charge is 2.32. The number of rotatable bonds is 3. The molecule has 0 aliphatic carbocycles. The number of likely N-dealkylation sites (tertiary alicyclic amines) is 1. The number of nitrogens with zero attached hydrogens (tertiary/aromatic N) is 3. The van der Waals surface area contributed by atoms with Crippen LogP contribution in [-0.4, -0.2) is 50.1 Å². The summed E-state index contributed by atoms with van der Waals surface area (Å²) in [6.07, 6.45) is 4.06. The second-order valence-corrected chi connectivity index (χ2v) is 8.08. The van der Waals surface area contributed by atoms with Crippen molar-refractivity contribution in [1.82, 2.24) is 4.90 Å². The fraction of sp³-hybridized carbons (Fsp3) is 0.650. The molecule has 2 aliphatic rings. The molecule has 2 aliphatic heterocycles. The van der Waals surface area contributed by atoms with Gasteiger partial charge in [0.1, 0.15) is 0 Å². The first-order valence-electron chi connectivity index (χ1n) is 9.35. The zero-order chi connectivity index (χ0) is 17.2. The lowest BCUT2D eigenvalue weighted by atomic mass is 9.93. The summed E-state index contributed by atoms with van der Waals surface area (Å²) in [6.45, 7) is 12.4. The molecule has 1 saturated heterocycles. The Labute approximate surface area is 146 Å². The Kier molecular flexibility index (Phi) is 5.14. The first-order valence-corrected chi connectivity index (χ1v) is 9.35. The molecule has 132 valence electrons. The molecule has 2 heterocycles. The van der Waals surface area contributed by atoms with Gasteiger partial charge in [-0.1, -0.05) is 39.3 Å². The van der Waals surface area contributed by atoms with E-state index in [4.69, 9.17) is 0 Å². The molecule has 0 bridgehead atoms. The molecule has 1 aromatic rings. The van der Waals surface area contributed by atoms with Gasteiger partial charge in [0, 0.05) is 31.6 Å². The number of anilines is 2. The molecule has 4 heteroatoms. The van der Waals surface area contributed by atoms with Gasteiger partial charge in [-0.05, 0) is 38.1 Å². The first-order chi connectivity index (χ1) is 11.5. The second kappa shape index (κ2) is 7.14. The van der Waals surface area contributed by atoms with Crippen LogP contribution in [0.15, 0.2) is 24.3 Å². The highest BCUT2D eigenvalue weighted by atomic mass is 16.2. The molecule has 24 heavy (non-hydrogen) atoms. The maximum Gasteiger partial charge on any atom is 0.232 e. The Balaban J connectivity index is 1.73. The van der Waals surface area contributed by atoms with Crippen LogP contribution in [0.4, 0.5) is 11.4 Å². The van der Waals surface area contributed by atoms with E-state index in [1.54, 1.807) is 0 Å². The summed E-state index contributed by atoms with van der Waals surface area (Å²) in [4.78, 5) is 19.8. The summed E-state index contributed by atoms with van der Waals surface area (Å²) < 4.78 is 0. The number of carbonyl (C=O) groups excluding carboxylic acids is 1. The minimum absolute atomic E-state index is 0.214. The van der Waals surface area contributed by atoms with Crippen LogP contribution >= 0.6 is 0 Å². The Morgan fingerprint density at radius 3 is 2.25 bits per heavy atom. The van der Waals surface area contributed by atoms with Crippen LogP contribution in [0.1, 0.15) is 40.0 Å². The average molecular weight is 329 g/mol. The van der Waals surface area contributed by atoms with E-state index in [-0.39, 0.29) is 11.3 Å². The van der Waals surface area contributed by atoms with Crippen molar-refractivity contribution in [1.29, 1.82) is 0 Å². The van der Waals surface area contributed by atoms with Crippen molar-refractivity contribution in [2.45, 2.75) is 40.0 Å². The predicted octanol–water partition coefficient (Wildman–Crippen LogP) is 3.37. The standard InChI is InChI=1S/C20H31N3O/c1-20(2,3)19(24)23-16-15-22(17-9-5-6-10-18(17)23)14-13-21-11-7-4-8-12-21/h5-6,9-10H,4,7-8,11-16H2,1-3H3. The highest BCUT2D eigenvalue weighted by Crippen LogP contribution is 2.35. The topological polar surface area (TPSA) is 26.8 Å². The van der Waals surface area contributed by atoms with Gasteiger partial charge in [0.15, 0.2) is 0 Å². The Bertz CT molecular complexity index is 572. The van der Waals surface area contributed by atoms with E-state index in [0.29, 0.717) is 0 Å². The molecular weight excluding hydrogens is 298 g/mol. The van der Waals surface area contributed by atoms with Gasteiger partial charge in [-0.25, -0.2) is 0 Å². The van der Waals surface area contributed by atoms with Gasteiger partial charge in [-0.15, -0.1) is 0 Å². The molecule has 1 amide bonds.